The van der Waals surface area contributed by atoms with E-state index in [0.29, 0.717) is 5.56 Å². The number of hydrogen-bond donors (Lipinski definition) is 2. The van der Waals surface area contributed by atoms with E-state index in [9.17, 15) is 18.0 Å². The lowest BCUT2D eigenvalue weighted by atomic mass is 10.1. The minimum absolute atomic E-state index is 0.0555. The van der Waals surface area contributed by atoms with Crippen molar-refractivity contribution in [1.82, 2.24) is 0 Å². The van der Waals surface area contributed by atoms with Gasteiger partial charge in [0.05, 0.1) is 5.56 Å². The van der Waals surface area contributed by atoms with E-state index < -0.39 is 26.5 Å². The van der Waals surface area contributed by atoms with Crippen LogP contribution in [0.15, 0.2) is 18.2 Å². The summed E-state index contributed by atoms with van der Waals surface area (Å²) in [4.78, 5) is 23.1. The van der Waals surface area contributed by atoms with Gasteiger partial charge in [0.1, 0.15) is 4.75 Å². The molecule has 110 valence electrons. The smallest absolute Gasteiger partial charge is 0.336 e. The lowest BCUT2D eigenvalue weighted by Gasteiger charge is -2.22. The van der Waals surface area contributed by atoms with Gasteiger partial charge in [-0.05, 0) is 38.5 Å². The van der Waals surface area contributed by atoms with Crippen molar-refractivity contribution in [2.24, 2.45) is 0 Å². The second-order valence-corrected chi connectivity index (χ2v) is 7.58. The molecule has 0 atom stereocenters. The number of carboxylic acids is 1. The van der Waals surface area contributed by atoms with E-state index >= 15 is 0 Å². The first-order valence-corrected chi connectivity index (χ1v) is 7.71. The Bertz CT molecular complexity index is 661. The molecule has 0 unspecified atom stereocenters. The summed E-state index contributed by atoms with van der Waals surface area (Å²) < 4.78 is 21.6. The summed E-state index contributed by atoms with van der Waals surface area (Å²) >= 11 is 0. The number of nitrogens with one attached hydrogen (secondary N) is 1. The molecule has 1 amide bonds. The predicted molar refractivity (Wildman–Crippen MR) is 75.7 cm³/mol. The third-order valence-corrected chi connectivity index (χ3v) is 5.33. The number of carbonyl (C=O) groups is 2. The summed E-state index contributed by atoms with van der Waals surface area (Å²) in [5, 5.41) is 11.5. The van der Waals surface area contributed by atoms with Crippen molar-refractivity contribution in [2.45, 2.75) is 25.5 Å². The van der Waals surface area contributed by atoms with E-state index in [1.54, 1.807) is 6.92 Å². The summed E-state index contributed by atoms with van der Waals surface area (Å²) in [5.41, 5.74) is 0.712. The molecule has 1 aromatic carbocycles. The molecule has 0 aromatic heterocycles. The molecule has 0 spiro atoms. The van der Waals surface area contributed by atoms with Crippen LogP contribution in [-0.4, -0.2) is 36.4 Å². The number of sulfone groups is 1. The zero-order valence-corrected chi connectivity index (χ0v) is 12.5. The fourth-order valence-electron chi connectivity index (χ4n) is 1.44. The normalized spacial score (nSPS) is 12.0. The van der Waals surface area contributed by atoms with Crippen molar-refractivity contribution in [3.63, 3.8) is 0 Å². The molecule has 0 saturated carbocycles. The van der Waals surface area contributed by atoms with Crippen molar-refractivity contribution >= 4 is 27.4 Å². The van der Waals surface area contributed by atoms with Gasteiger partial charge in [-0.15, -0.1) is 0 Å². The third kappa shape index (κ3) is 2.98. The molecule has 1 aromatic rings. The number of carbonyl (C=O) groups excluding carboxylic acids is 1. The van der Waals surface area contributed by atoms with Crippen LogP contribution in [0.4, 0.5) is 5.69 Å². The summed E-state index contributed by atoms with van der Waals surface area (Å²) in [6.07, 6.45) is 0.979. The van der Waals surface area contributed by atoms with Crippen LogP contribution in [0.2, 0.25) is 0 Å². The molecule has 20 heavy (non-hydrogen) atoms. The second-order valence-electron chi connectivity index (χ2n) is 5.02. The number of amides is 1. The first kappa shape index (κ1) is 16.2. The van der Waals surface area contributed by atoms with E-state index in [2.05, 4.69) is 5.32 Å². The van der Waals surface area contributed by atoms with Gasteiger partial charge in [-0.3, -0.25) is 4.79 Å². The Kier molecular flexibility index (Phi) is 4.24. The van der Waals surface area contributed by atoms with Crippen molar-refractivity contribution in [3.05, 3.63) is 29.3 Å². The predicted octanol–water partition coefficient (Wildman–Crippen LogP) is 1.45. The molecule has 0 saturated heterocycles. The van der Waals surface area contributed by atoms with Gasteiger partial charge in [0.15, 0.2) is 9.84 Å². The Hall–Kier alpha value is -1.89. The number of benzene rings is 1. The van der Waals surface area contributed by atoms with E-state index in [-0.39, 0.29) is 11.3 Å². The Balaban J connectivity index is 3.16. The molecule has 1 rings (SSSR count). The van der Waals surface area contributed by atoms with Gasteiger partial charge in [-0.25, -0.2) is 13.2 Å². The summed E-state index contributed by atoms with van der Waals surface area (Å²) in [6, 6.07) is 4.42. The van der Waals surface area contributed by atoms with Crippen molar-refractivity contribution in [3.8, 4) is 0 Å². The lowest BCUT2D eigenvalue weighted by Crippen LogP contribution is -2.44. The van der Waals surface area contributed by atoms with Gasteiger partial charge in [0.2, 0.25) is 5.91 Å². The maximum atomic E-state index is 12.1. The number of anilines is 1. The molecule has 0 aliphatic rings. The molecule has 0 aliphatic heterocycles. The molecule has 0 fully saturated rings. The van der Waals surface area contributed by atoms with Crippen LogP contribution >= 0.6 is 0 Å². The zero-order chi connectivity index (χ0) is 15.7. The molecular weight excluding hydrogens is 282 g/mol. The molecule has 0 bridgehead atoms. The zero-order valence-electron chi connectivity index (χ0n) is 11.7. The molecule has 2 N–H and O–H groups in total. The quantitative estimate of drug-likeness (QED) is 0.876. The summed E-state index contributed by atoms with van der Waals surface area (Å²) in [6.45, 7) is 4.15. The van der Waals surface area contributed by atoms with Crippen LogP contribution in [-0.2, 0) is 14.6 Å². The van der Waals surface area contributed by atoms with Gasteiger partial charge in [-0.2, -0.15) is 0 Å². The van der Waals surface area contributed by atoms with Crippen molar-refractivity contribution < 1.29 is 23.1 Å². The molecule has 6 nitrogen and oxygen atoms in total. The van der Waals surface area contributed by atoms with Gasteiger partial charge in [0.25, 0.3) is 0 Å². The Labute approximate surface area is 117 Å². The average molecular weight is 299 g/mol. The third-order valence-electron chi connectivity index (χ3n) is 3.29. The number of hydrogen-bond acceptors (Lipinski definition) is 4. The standard InChI is InChI=1S/C13H17NO5S/c1-8-9(11(15)16)6-5-7-10(8)14-12(17)13(2,3)20(4,18)19/h5-7H,1-4H3,(H,14,17)(H,15,16). The average Bonchev–Trinajstić information content (AvgIpc) is 2.29. The molecule has 0 heterocycles. The first-order valence-electron chi connectivity index (χ1n) is 5.82. The largest absolute Gasteiger partial charge is 0.478 e. The van der Waals surface area contributed by atoms with Crippen LogP contribution in [0.25, 0.3) is 0 Å². The summed E-state index contributed by atoms with van der Waals surface area (Å²) in [7, 11) is -3.59. The number of rotatable bonds is 4. The Morgan fingerprint density at radius 1 is 1.25 bits per heavy atom. The monoisotopic (exact) mass is 299 g/mol. The van der Waals surface area contributed by atoms with E-state index in [1.807, 2.05) is 0 Å². The maximum absolute atomic E-state index is 12.1. The maximum Gasteiger partial charge on any atom is 0.336 e. The lowest BCUT2D eigenvalue weighted by molar-refractivity contribution is -0.117. The minimum atomic E-state index is -3.59. The molecular formula is C13H17NO5S. The highest BCUT2D eigenvalue weighted by Crippen LogP contribution is 2.22. The molecule has 0 radical (unpaired) electrons. The molecule has 7 heteroatoms. The minimum Gasteiger partial charge on any atom is -0.478 e. The first-order chi connectivity index (χ1) is 8.98. The topological polar surface area (TPSA) is 101 Å². The highest BCUT2D eigenvalue weighted by atomic mass is 32.2. The number of aromatic carboxylic acids is 1. The Morgan fingerprint density at radius 2 is 1.80 bits per heavy atom. The Morgan fingerprint density at radius 3 is 2.25 bits per heavy atom. The summed E-state index contributed by atoms with van der Waals surface area (Å²) in [5.74, 6) is -1.81. The van der Waals surface area contributed by atoms with Gasteiger partial charge in [0, 0.05) is 11.9 Å². The van der Waals surface area contributed by atoms with Gasteiger partial charge in [-0.1, -0.05) is 6.07 Å². The van der Waals surface area contributed by atoms with Crippen molar-refractivity contribution in [2.75, 3.05) is 11.6 Å². The highest BCUT2D eigenvalue weighted by molar-refractivity contribution is 7.92. The van der Waals surface area contributed by atoms with E-state index in [4.69, 9.17) is 5.11 Å². The number of carboxylic acid groups (broad SMARTS) is 1. The van der Waals surface area contributed by atoms with E-state index in [1.165, 1.54) is 32.0 Å². The van der Waals surface area contributed by atoms with Crippen LogP contribution in [0.5, 0.6) is 0 Å². The second kappa shape index (κ2) is 5.24. The fourth-order valence-corrected chi connectivity index (χ4v) is 1.83. The van der Waals surface area contributed by atoms with Crippen LogP contribution in [0.3, 0.4) is 0 Å². The van der Waals surface area contributed by atoms with Crippen LogP contribution in [0.1, 0.15) is 29.8 Å². The van der Waals surface area contributed by atoms with Crippen LogP contribution in [0, 0.1) is 6.92 Å². The SMILES string of the molecule is Cc1c(NC(=O)C(C)(C)S(C)(=O)=O)cccc1C(=O)O. The molecule has 0 aliphatic carbocycles. The van der Waals surface area contributed by atoms with Crippen molar-refractivity contribution in [1.29, 1.82) is 0 Å². The van der Waals surface area contributed by atoms with Gasteiger partial charge >= 0.3 is 5.97 Å². The fraction of sp³-hybridized carbons (Fsp3) is 0.385. The highest BCUT2D eigenvalue weighted by Gasteiger charge is 2.38. The van der Waals surface area contributed by atoms with Gasteiger partial charge < -0.3 is 10.4 Å². The van der Waals surface area contributed by atoms with E-state index in [0.717, 1.165) is 6.26 Å². The van der Waals surface area contributed by atoms with Crippen LogP contribution < -0.4 is 5.32 Å².